The highest BCUT2D eigenvalue weighted by atomic mass is 32.1. The Labute approximate surface area is 102 Å². The molecule has 2 rings (SSSR count). The summed E-state index contributed by atoms with van der Waals surface area (Å²) < 4.78 is 1.92. The van der Waals surface area contributed by atoms with E-state index in [0.717, 1.165) is 5.82 Å². The molecule has 2 aromatic heterocycles. The van der Waals surface area contributed by atoms with Crippen molar-refractivity contribution in [1.29, 1.82) is 0 Å². The molecule has 2 heterocycles. The van der Waals surface area contributed by atoms with Gasteiger partial charge in [-0.3, -0.25) is 0 Å². The van der Waals surface area contributed by atoms with Crippen LogP contribution in [0.4, 0.5) is 5.13 Å². The van der Waals surface area contributed by atoms with Gasteiger partial charge in [-0.05, 0) is 0 Å². The van der Waals surface area contributed by atoms with Crippen molar-refractivity contribution in [2.24, 2.45) is 7.05 Å². The Balaban J connectivity index is 2.12. The molecule has 2 aromatic rings. The van der Waals surface area contributed by atoms with E-state index >= 15 is 0 Å². The average molecular weight is 252 g/mol. The van der Waals surface area contributed by atoms with Crippen LogP contribution in [0, 0.1) is 0 Å². The van der Waals surface area contributed by atoms with Crippen LogP contribution in [0.15, 0.2) is 17.8 Å². The largest absolute Gasteiger partial charge is 0.476 e. The molecule has 7 heteroatoms. The molecular weight excluding hydrogens is 240 g/mol. The number of aromatic carboxylic acids is 1. The van der Waals surface area contributed by atoms with E-state index in [9.17, 15) is 4.79 Å². The second kappa shape index (κ2) is 4.54. The Kier molecular flexibility index (Phi) is 3.10. The van der Waals surface area contributed by atoms with Crippen LogP contribution >= 0.6 is 11.3 Å². The standard InChI is InChI=1S/C10H12N4O2S/c1-13-4-3-11-8(13)5-14(2)10-12-7(6-17-10)9(15)16/h3-4,6H,5H2,1-2H3,(H,15,16). The van der Waals surface area contributed by atoms with Crippen LogP contribution in [0.1, 0.15) is 16.3 Å². The Morgan fingerprint density at radius 2 is 2.41 bits per heavy atom. The van der Waals surface area contributed by atoms with E-state index in [-0.39, 0.29) is 5.69 Å². The number of aryl methyl sites for hydroxylation is 1. The van der Waals surface area contributed by atoms with Crippen LogP contribution in [0.3, 0.4) is 0 Å². The van der Waals surface area contributed by atoms with Gasteiger partial charge in [0.2, 0.25) is 0 Å². The van der Waals surface area contributed by atoms with Crippen LogP contribution < -0.4 is 4.90 Å². The number of carboxylic acids is 1. The summed E-state index contributed by atoms with van der Waals surface area (Å²) in [6.45, 7) is 0.593. The van der Waals surface area contributed by atoms with Gasteiger partial charge in [-0.15, -0.1) is 11.3 Å². The molecule has 0 spiro atoms. The first-order valence-electron chi connectivity index (χ1n) is 4.94. The zero-order valence-corrected chi connectivity index (χ0v) is 10.3. The summed E-state index contributed by atoms with van der Waals surface area (Å²) in [5.74, 6) is -0.0996. The lowest BCUT2D eigenvalue weighted by atomic mass is 10.5. The van der Waals surface area contributed by atoms with Gasteiger partial charge in [0.05, 0.1) is 6.54 Å². The first-order chi connectivity index (χ1) is 8.08. The molecule has 0 bridgehead atoms. The molecule has 0 unspecified atom stereocenters. The molecule has 0 aliphatic heterocycles. The third-order valence-corrected chi connectivity index (χ3v) is 3.29. The van der Waals surface area contributed by atoms with E-state index in [2.05, 4.69) is 9.97 Å². The van der Waals surface area contributed by atoms with Crippen LogP contribution in [-0.4, -0.2) is 32.7 Å². The molecule has 90 valence electrons. The number of hydrogen-bond acceptors (Lipinski definition) is 5. The van der Waals surface area contributed by atoms with Crippen molar-refractivity contribution in [1.82, 2.24) is 14.5 Å². The number of hydrogen-bond donors (Lipinski definition) is 1. The van der Waals surface area contributed by atoms with Gasteiger partial charge in [-0.1, -0.05) is 0 Å². The van der Waals surface area contributed by atoms with Gasteiger partial charge in [0.1, 0.15) is 5.82 Å². The normalized spacial score (nSPS) is 10.5. The maximum Gasteiger partial charge on any atom is 0.355 e. The molecule has 17 heavy (non-hydrogen) atoms. The van der Waals surface area contributed by atoms with Gasteiger partial charge in [0, 0.05) is 31.9 Å². The molecule has 0 atom stereocenters. The Bertz CT molecular complexity index is 534. The van der Waals surface area contributed by atoms with Gasteiger partial charge in [-0.2, -0.15) is 0 Å². The van der Waals surface area contributed by atoms with Gasteiger partial charge in [-0.25, -0.2) is 14.8 Å². The van der Waals surface area contributed by atoms with Crippen molar-refractivity contribution < 1.29 is 9.90 Å². The SMILES string of the molecule is CN(Cc1nccn1C)c1nc(C(=O)O)cs1. The van der Waals surface area contributed by atoms with Crippen molar-refractivity contribution in [3.05, 3.63) is 29.3 Å². The van der Waals surface area contributed by atoms with E-state index in [1.54, 1.807) is 6.20 Å². The highest BCUT2D eigenvalue weighted by molar-refractivity contribution is 7.13. The van der Waals surface area contributed by atoms with Crippen LogP contribution in [0.25, 0.3) is 0 Å². The van der Waals surface area contributed by atoms with Crippen molar-refractivity contribution in [3.8, 4) is 0 Å². The molecular formula is C10H12N4O2S. The smallest absolute Gasteiger partial charge is 0.355 e. The number of aromatic nitrogens is 3. The Morgan fingerprint density at radius 1 is 1.65 bits per heavy atom. The minimum atomic E-state index is -1.00. The summed E-state index contributed by atoms with van der Waals surface area (Å²) in [6.07, 6.45) is 3.60. The number of imidazole rings is 1. The molecule has 0 radical (unpaired) electrons. The zero-order chi connectivity index (χ0) is 12.4. The quantitative estimate of drug-likeness (QED) is 0.885. The summed E-state index contributed by atoms with van der Waals surface area (Å²) in [6, 6.07) is 0. The fourth-order valence-electron chi connectivity index (χ4n) is 1.37. The monoisotopic (exact) mass is 252 g/mol. The maximum absolute atomic E-state index is 10.7. The molecule has 0 saturated carbocycles. The van der Waals surface area contributed by atoms with Crippen LogP contribution in [0.2, 0.25) is 0 Å². The third kappa shape index (κ3) is 2.44. The molecule has 0 aromatic carbocycles. The summed E-state index contributed by atoms with van der Waals surface area (Å²) in [5, 5.41) is 11.0. The molecule has 0 amide bonds. The second-order valence-electron chi connectivity index (χ2n) is 3.63. The van der Waals surface area contributed by atoms with Crippen molar-refractivity contribution >= 4 is 22.4 Å². The van der Waals surface area contributed by atoms with Gasteiger partial charge < -0.3 is 14.6 Å². The molecule has 0 fully saturated rings. The number of nitrogens with zero attached hydrogens (tertiary/aromatic N) is 4. The third-order valence-electron chi connectivity index (χ3n) is 2.34. The Hall–Kier alpha value is -1.89. The highest BCUT2D eigenvalue weighted by Gasteiger charge is 2.13. The van der Waals surface area contributed by atoms with Crippen molar-refractivity contribution in [2.75, 3.05) is 11.9 Å². The molecule has 0 aliphatic carbocycles. The molecule has 0 aliphatic rings. The van der Waals surface area contributed by atoms with E-state index < -0.39 is 5.97 Å². The predicted octanol–water partition coefficient (Wildman–Crippen LogP) is 1.21. The first-order valence-corrected chi connectivity index (χ1v) is 5.82. The number of rotatable bonds is 4. The minimum Gasteiger partial charge on any atom is -0.476 e. The first kappa shape index (κ1) is 11.6. The lowest BCUT2D eigenvalue weighted by molar-refractivity contribution is 0.0691. The van der Waals surface area contributed by atoms with E-state index in [1.165, 1.54) is 16.7 Å². The predicted molar refractivity (Wildman–Crippen MR) is 64.4 cm³/mol. The summed E-state index contributed by atoms with van der Waals surface area (Å²) in [5.41, 5.74) is 0.0803. The number of carbonyl (C=O) groups is 1. The van der Waals surface area contributed by atoms with Crippen molar-refractivity contribution in [2.45, 2.75) is 6.54 Å². The van der Waals surface area contributed by atoms with E-state index in [4.69, 9.17) is 5.11 Å². The average Bonchev–Trinajstić information content (AvgIpc) is 2.88. The maximum atomic E-state index is 10.7. The fraction of sp³-hybridized carbons (Fsp3) is 0.300. The fourth-order valence-corrected chi connectivity index (χ4v) is 2.13. The number of thiazole rings is 1. The highest BCUT2D eigenvalue weighted by Crippen LogP contribution is 2.20. The van der Waals surface area contributed by atoms with Crippen LogP contribution in [-0.2, 0) is 13.6 Å². The van der Waals surface area contributed by atoms with E-state index in [0.29, 0.717) is 11.7 Å². The topological polar surface area (TPSA) is 71.2 Å². The van der Waals surface area contributed by atoms with Gasteiger partial charge >= 0.3 is 5.97 Å². The molecule has 1 N–H and O–H groups in total. The minimum absolute atomic E-state index is 0.0803. The number of anilines is 1. The molecule has 0 saturated heterocycles. The summed E-state index contributed by atoms with van der Waals surface area (Å²) >= 11 is 1.31. The van der Waals surface area contributed by atoms with Gasteiger partial charge in [0.15, 0.2) is 10.8 Å². The number of carboxylic acid groups (broad SMARTS) is 1. The zero-order valence-electron chi connectivity index (χ0n) is 9.49. The van der Waals surface area contributed by atoms with E-state index in [1.807, 2.05) is 29.8 Å². The second-order valence-corrected chi connectivity index (χ2v) is 4.47. The van der Waals surface area contributed by atoms with Crippen molar-refractivity contribution in [3.63, 3.8) is 0 Å². The summed E-state index contributed by atoms with van der Waals surface area (Å²) in [7, 11) is 3.78. The molecule has 6 nitrogen and oxygen atoms in total. The lowest BCUT2D eigenvalue weighted by Gasteiger charge is -2.14. The lowest BCUT2D eigenvalue weighted by Crippen LogP contribution is -2.19. The summed E-state index contributed by atoms with van der Waals surface area (Å²) in [4.78, 5) is 20.8. The van der Waals surface area contributed by atoms with Crippen LogP contribution in [0.5, 0.6) is 0 Å². The van der Waals surface area contributed by atoms with Gasteiger partial charge in [0.25, 0.3) is 0 Å². The Morgan fingerprint density at radius 3 is 2.94 bits per heavy atom.